The molecule has 0 spiro atoms. The van der Waals surface area contributed by atoms with E-state index in [0.29, 0.717) is 27.9 Å². The van der Waals surface area contributed by atoms with Gasteiger partial charge in [0, 0.05) is 12.6 Å². The molecule has 1 amide bonds. The molecule has 5 heteroatoms. The number of rotatable bonds is 2. The highest BCUT2D eigenvalue weighted by Gasteiger charge is 2.28. The number of benzene rings is 1. The van der Waals surface area contributed by atoms with E-state index in [0.717, 1.165) is 5.56 Å². The lowest BCUT2D eigenvalue weighted by atomic mass is 9.91. The molecule has 0 saturated carbocycles. The Morgan fingerprint density at radius 2 is 1.62 bits per heavy atom. The van der Waals surface area contributed by atoms with Crippen LogP contribution < -0.4 is 4.90 Å². The van der Waals surface area contributed by atoms with Crippen LogP contribution in [0.15, 0.2) is 0 Å². The number of carbonyl (C=O) groups is 2. The van der Waals surface area contributed by atoms with Crippen LogP contribution in [0, 0.1) is 33.1 Å². The molecule has 0 N–H and O–H groups in total. The highest BCUT2D eigenvalue weighted by Crippen LogP contribution is 2.34. The number of terminal acetylenes is 1. The van der Waals surface area contributed by atoms with Gasteiger partial charge in [-0.2, -0.15) is 0 Å². The number of carbonyl (C=O) groups excluding carboxylic acids is 2. The largest absolute Gasteiger partial charge is 0.465 e. The third-order valence-electron chi connectivity index (χ3n) is 3.75. The molecular weight excluding hydrogens is 306 g/mol. The van der Waals surface area contributed by atoms with Gasteiger partial charge in [0.25, 0.3) is 0 Å². The van der Waals surface area contributed by atoms with Crippen LogP contribution in [0.5, 0.6) is 0 Å². The van der Waals surface area contributed by atoms with Crippen molar-refractivity contribution >= 4 is 17.7 Å². The second-order valence-electron chi connectivity index (χ2n) is 6.65. The summed E-state index contributed by atoms with van der Waals surface area (Å²) in [7, 11) is 2.91. The molecule has 1 aromatic rings. The summed E-state index contributed by atoms with van der Waals surface area (Å²) in [6.07, 6.45) is 5.10. The Morgan fingerprint density at radius 3 is 2.04 bits per heavy atom. The fourth-order valence-electron chi connectivity index (χ4n) is 2.76. The summed E-state index contributed by atoms with van der Waals surface area (Å²) in [5, 5.41) is 0. The molecule has 0 saturated heterocycles. The molecule has 24 heavy (non-hydrogen) atoms. The summed E-state index contributed by atoms with van der Waals surface area (Å²) >= 11 is 0. The second-order valence-corrected chi connectivity index (χ2v) is 6.65. The first kappa shape index (κ1) is 19.6. The molecule has 0 aliphatic heterocycles. The molecule has 0 unspecified atom stereocenters. The summed E-state index contributed by atoms with van der Waals surface area (Å²) < 4.78 is 10.3. The Hall–Kier alpha value is -2.48. The summed E-state index contributed by atoms with van der Waals surface area (Å²) in [6, 6.07) is 0. The molecule has 0 heterocycles. The summed E-state index contributed by atoms with van der Waals surface area (Å²) in [5.41, 5.74) is 2.92. The number of hydrogen-bond donors (Lipinski definition) is 0. The lowest BCUT2D eigenvalue weighted by Crippen LogP contribution is -2.35. The third-order valence-corrected chi connectivity index (χ3v) is 3.75. The number of methoxy groups -OCH3 is 1. The lowest BCUT2D eigenvalue weighted by Gasteiger charge is -2.28. The smallest absolute Gasteiger partial charge is 0.414 e. The number of hydrogen-bond acceptors (Lipinski definition) is 4. The minimum absolute atomic E-state index is 0.376. The summed E-state index contributed by atoms with van der Waals surface area (Å²) in [5.74, 6) is 2.12. The first-order valence-corrected chi connectivity index (χ1v) is 7.61. The first-order chi connectivity index (χ1) is 11.0. The number of esters is 1. The van der Waals surface area contributed by atoms with Gasteiger partial charge in [0.05, 0.1) is 18.4 Å². The van der Waals surface area contributed by atoms with E-state index >= 15 is 0 Å². The van der Waals surface area contributed by atoms with Gasteiger partial charge in [0.15, 0.2) is 0 Å². The second kappa shape index (κ2) is 6.96. The van der Waals surface area contributed by atoms with Crippen LogP contribution in [0.1, 0.15) is 53.4 Å². The lowest BCUT2D eigenvalue weighted by molar-refractivity contribution is 0.0578. The van der Waals surface area contributed by atoms with Crippen LogP contribution >= 0.6 is 0 Å². The van der Waals surface area contributed by atoms with Crippen molar-refractivity contribution in [3.05, 3.63) is 27.8 Å². The zero-order valence-corrected chi connectivity index (χ0v) is 15.7. The van der Waals surface area contributed by atoms with Crippen molar-refractivity contribution in [2.45, 2.75) is 47.1 Å². The molecule has 130 valence electrons. The SMILES string of the molecule is C#Cc1c(C)c(C(=O)OC)c(C)c(N(C)C(=O)OC(C)(C)C)c1C. The molecule has 0 atom stereocenters. The highest BCUT2D eigenvalue weighted by atomic mass is 16.6. The average Bonchev–Trinajstić information content (AvgIpc) is 2.45. The maximum atomic E-state index is 12.4. The minimum Gasteiger partial charge on any atom is -0.465 e. The van der Waals surface area contributed by atoms with Crippen molar-refractivity contribution in [2.24, 2.45) is 0 Å². The Morgan fingerprint density at radius 1 is 1.08 bits per heavy atom. The van der Waals surface area contributed by atoms with Crippen LogP contribution in [0.4, 0.5) is 10.5 Å². The normalized spacial score (nSPS) is 10.8. The molecule has 0 aliphatic rings. The van der Waals surface area contributed by atoms with Gasteiger partial charge < -0.3 is 9.47 Å². The Balaban J connectivity index is 3.62. The molecule has 1 aromatic carbocycles. The van der Waals surface area contributed by atoms with E-state index in [-0.39, 0.29) is 0 Å². The first-order valence-electron chi connectivity index (χ1n) is 7.61. The molecule has 1 rings (SSSR count). The molecule has 0 aromatic heterocycles. The Labute approximate surface area is 143 Å². The van der Waals surface area contributed by atoms with Crippen molar-refractivity contribution in [1.29, 1.82) is 0 Å². The number of ether oxygens (including phenoxy) is 2. The van der Waals surface area contributed by atoms with E-state index in [1.54, 1.807) is 41.7 Å². The van der Waals surface area contributed by atoms with Crippen molar-refractivity contribution in [2.75, 3.05) is 19.1 Å². The van der Waals surface area contributed by atoms with Crippen molar-refractivity contribution in [3.63, 3.8) is 0 Å². The minimum atomic E-state index is -0.627. The van der Waals surface area contributed by atoms with Gasteiger partial charge in [-0.25, -0.2) is 9.59 Å². The summed E-state index contributed by atoms with van der Waals surface area (Å²) in [6.45, 7) is 10.7. The maximum absolute atomic E-state index is 12.4. The predicted molar refractivity (Wildman–Crippen MR) is 94.6 cm³/mol. The van der Waals surface area contributed by atoms with E-state index in [9.17, 15) is 9.59 Å². The van der Waals surface area contributed by atoms with Crippen LogP contribution in [0.25, 0.3) is 0 Å². The quantitative estimate of drug-likeness (QED) is 0.612. The van der Waals surface area contributed by atoms with Gasteiger partial charge in [-0.1, -0.05) is 5.92 Å². The number of nitrogens with zero attached hydrogens (tertiary/aromatic N) is 1. The average molecular weight is 331 g/mol. The van der Waals surface area contributed by atoms with Gasteiger partial charge >= 0.3 is 12.1 Å². The molecule has 5 nitrogen and oxygen atoms in total. The monoisotopic (exact) mass is 331 g/mol. The Bertz CT molecular complexity index is 721. The van der Waals surface area contributed by atoms with Crippen molar-refractivity contribution in [3.8, 4) is 12.3 Å². The van der Waals surface area contributed by atoms with E-state index in [1.807, 2.05) is 6.92 Å². The number of amides is 1. The van der Waals surface area contributed by atoms with Gasteiger partial charge in [0.2, 0.25) is 0 Å². The van der Waals surface area contributed by atoms with Crippen LogP contribution in [0.3, 0.4) is 0 Å². The molecular formula is C19H25NO4. The molecule has 0 fully saturated rings. The molecule has 0 radical (unpaired) electrons. The zero-order chi connectivity index (χ0) is 18.8. The van der Waals surface area contributed by atoms with Crippen molar-refractivity contribution in [1.82, 2.24) is 0 Å². The van der Waals surface area contributed by atoms with Crippen LogP contribution in [0.2, 0.25) is 0 Å². The van der Waals surface area contributed by atoms with Crippen LogP contribution in [-0.4, -0.2) is 31.8 Å². The van der Waals surface area contributed by atoms with E-state index in [4.69, 9.17) is 15.9 Å². The van der Waals surface area contributed by atoms with Gasteiger partial charge in [-0.3, -0.25) is 4.90 Å². The molecule has 0 bridgehead atoms. The fraction of sp³-hybridized carbons (Fsp3) is 0.474. The third kappa shape index (κ3) is 3.70. The van der Waals surface area contributed by atoms with Crippen molar-refractivity contribution < 1.29 is 19.1 Å². The topological polar surface area (TPSA) is 55.8 Å². The predicted octanol–water partition coefficient (Wildman–Crippen LogP) is 3.75. The molecule has 0 aliphatic carbocycles. The van der Waals surface area contributed by atoms with Gasteiger partial charge in [0.1, 0.15) is 5.60 Å². The fourth-order valence-corrected chi connectivity index (χ4v) is 2.76. The Kier molecular flexibility index (Phi) is 5.67. The van der Waals surface area contributed by atoms with Gasteiger partial charge in [-0.15, -0.1) is 6.42 Å². The maximum Gasteiger partial charge on any atom is 0.414 e. The zero-order valence-electron chi connectivity index (χ0n) is 15.7. The standard InChI is InChI=1S/C19H25NO4/c1-10-14-11(2)15(17(21)23-9)13(4)16(12(14)3)20(8)18(22)24-19(5,6)7/h1H,2-9H3. The number of anilines is 1. The van der Waals surface area contributed by atoms with E-state index in [2.05, 4.69) is 5.92 Å². The van der Waals surface area contributed by atoms with Crippen LogP contribution in [-0.2, 0) is 9.47 Å². The van der Waals surface area contributed by atoms with Gasteiger partial charge in [-0.05, 0) is 58.2 Å². The van der Waals surface area contributed by atoms with E-state index in [1.165, 1.54) is 12.0 Å². The summed E-state index contributed by atoms with van der Waals surface area (Å²) in [4.78, 5) is 26.0. The van der Waals surface area contributed by atoms with E-state index < -0.39 is 17.7 Å². The highest BCUT2D eigenvalue weighted by molar-refractivity contribution is 5.99.